The van der Waals surface area contributed by atoms with Gasteiger partial charge in [-0.15, -0.1) is 0 Å². The number of hydrogen-bond donors (Lipinski definition) is 8. The Bertz CT molecular complexity index is 4990. The molecule has 0 aliphatic carbocycles. The number of likely N-dealkylation sites (tertiary alicyclic amines) is 4. The monoisotopic (exact) mass is 1930 g/mol. The van der Waals surface area contributed by atoms with Crippen LogP contribution in [0.3, 0.4) is 0 Å². The predicted octanol–water partition coefficient (Wildman–Crippen LogP) is 17.4. The lowest BCUT2D eigenvalue weighted by Crippen LogP contribution is -2.37. The predicted molar refractivity (Wildman–Crippen MR) is 521 cm³/mol. The van der Waals surface area contributed by atoms with Gasteiger partial charge in [-0.2, -0.15) is 0 Å². The van der Waals surface area contributed by atoms with Crippen LogP contribution in [0, 0.1) is 23.7 Å². The molecule has 0 spiro atoms. The summed E-state index contributed by atoms with van der Waals surface area (Å²) in [4.78, 5) is 129. The molecule has 4 fully saturated rings. The van der Waals surface area contributed by atoms with E-state index in [4.69, 9.17) is 61.5 Å². The van der Waals surface area contributed by atoms with Gasteiger partial charge in [0.05, 0.1) is 52.7 Å². The zero-order chi connectivity index (χ0) is 98.5. The van der Waals surface area contributed by atoms with E-state index in [1.807, 2.05) is 67.7 Å². The lowest BCUT2D eigenvalue weighted by molar-refractivity contribution is -0.137. The summed E-state index contributed by atoms with van der Waals surface area (Å²) in [5.41, 5.74) is 2.41. The highest BCUT2D eigenvalue weighted by Crippen LogP contribution is 2.40. The van der Waals surface area contributed by atoms with Crippen molar-refractivity contribution >= 4 is 93.6 Å². The maximum absolute atomic E-state index is 13.1. The number of halogens is 2. The molecule has 0 radical (unpaired) electrons. The molecule has 34 heteroatoms. The van der Waals surface area contributed by atoms with Crippen molar-refractivity contribution in [1.29, 1.82) is 0 Å². The van der Waals surface area contributed by atoms with Crippen LogP contribution in [-0.4, -0.2) is 236 Å². The Morgan fingerprint density at radius 1 is 0.358 bits per heavy atom. The quantitative estimate of drug-likeness (QED) is 0.0251. The number of benzene rings is 4. The lowest BCUT2D eigenvalue weighted by atomic mass is 9.98. The summed E-state index contributed by atoms with van der Waals surface area (Å²) >= 11 is 12.6. The summed E-state index contributed by atoms with van der Waals surface area (Å²) in [6, 6.07) is 7.06. The second-order valence-corrected chi connectivity index (χ2v) is 35.8. The van der Waals surface area contributed by atoms with Crippen LogP contribution in [0.1, 0.15) is 240 Å². The molecule has 0 saturated carbocycles. The van der Waals surface area contributed by atoms with Crippen LogP contribution in [0.2, 0.25) is 10.0 Å². The van der Waals surface area contributed by atoms with E-state index >= 15 is 0 Å². The number of allylic oxidation sites excluding steroid dienone is 12. The number of piperidine rings is 4. The summed E-state index contributed by atoms with van der Waals surface area (Å²) in [7, 11) is 0. The number of rotatable bonds is 14. The zero-order valence-electron chi connectivity index (χ0n) is 79.0. The molecule has 5 atom stereocenters. The fourth-order valence-corrected chi connectivity index (χ4v) is 16.6. The molecular formula is C103H132Cl2N8O24. The van der Waals surface area contributed by atoms with E-state index in [-0.39, 0.29) is 203 Å². The SMILES string of the molecule is CC1/C=C/CCOC(=O)c2c(O)cc(O)c(Cl)c2CC(=N/OCC(=O)N2CCCCC2)/C=C/C1.CC1/C=C/CCOC(=O)c2c(O)cc(O)c(Cl)c2CC(=N\OCC(=O)N2CCCCC2)/C=C/C1.CC1/C=C/CCOC(=O)c2c(O)cc(O)cc2CC(=N\OCC(=O)N2CCCCC2)/C=C/C1.CCCC1C/C=C/C(C)C/C=C/C(=N\OCC(=O)N2CCCCC2)Cc2cc(O)cc(O)c2C(=O)O1. The highest BCUT2D eigenvalue weighted by molar-refractivity contribution is 6.34. The Labute approximate surface area is 810 Å². The first-order chi connectivity index (χ1) is 66.0. The van der Waals surface area contributed by atoms with Gasteiger partial charge in [0.2, 0.25) is 0 Å². The molecule has 5 unspecified atom stereocenters. The molecule has 4 aromatic rings. The molecule has 0 aromatic heterocycles. The standard InChI is InChI=1S/C28H38N2O6.2C25H31ClN2O6.C25H32N2O6/c1-3-9-24-13-8-11-20(2)10-7-12-22(29-35-19-26(33)30-14-5-4-6-15-30)16-21-17-23(31)18-25(32)27(21)28(34)36-24;2*1-17-8-3-6-13-33-25(32)23-19(24(26)21(30)15-20(23)29)14-18(10-7-9-17)27-34-16-22(31)28-11-4-2-5-12-28;1-18-8-3-6-13-32-25(31)24-19(15-21(28)16-22(24)29)14-20(10-7-9-18)26-33-17-23(30)27-11-4-2-5-12-27/h7-8,11-12,17-18,20,24,31-32H,3-6,9-10,13-16,19H2,1-2H3;2*3,7-8,10,15,17,29-30H,2,4-6,9,11-14,16H2,1H3;3,7-8,10,15-16,18,28-29H,2,4-6,9,11-14,17H2,1H3/b11-8+,12-7+,29-22+;8-3+,10-7+,27-18+;8-3+,10-7+,27-18-;8-3+,10-7+,26-20-. The van der Waals surface area contributed by atoms with Crippen molar-refractivity contribution in [2.75, 3.05) is 98.6 Å². The number of ether oxygens (including phenoxy) is 4. The van der Waals surface area contributed by atoms with Gasteiger partial charge in [0, 0.05) is 109 Å². The molecule has 8 N–H and O–H groups in total. The Balaban J connectivity index is 0.000000205. The molecule has 32 nitrogen and oxygen atoms in total. The second-order valence-electron chi connectivity index (χ2n) is 35.1. The summed E-state index contributed by atoms with van der Waals surface area (Å²) in [5.74, 6) is -4.96. The number of carbonyl (C=O) groups is 8. The number of phenols is 8. The van der Waals surface area contributed by atoms with Gasteiger partial charge in [-0.1, -0.05) is 158 Å². The molecule has 0 bridgehead atoms. The highest BCUT2D eigenvalue weighted by Gasteiger charge is 2.31. The first-order valence-corrected chi connectivity index (χ1v) is 48.3. The fourth-order valence-electron chi connectivity index (χ4n) is 16.2. The largest absolute Gasteiger partial charge is 0.508 e. The molecule has 8 aliphatic heterocycles. The number of hydrogen-bond acceptors (Lipinski definition) is 28. The molecule has 4 aromatic carbocycles. The van der Waals surface area contributed by atoms with Crippen molar-refractivity contribution < 1.29 is 118 Å². The first-order valence-electron chi connectivity index (χ1n) is 47.5. The minimum Gasteiger partial charge on any atom is -0.508 e. The summed E-state index contributed by atoms with van der Waals surface area (Å²) in [6.07, 6.45) is 49.9. The molecular weight excluding hydrogens is 1800 g/mol. The average molecular weight is 1940 g/mol. The van der Waals surface area contributed by atoms with Gasteiger partial charge >= 0.3 is 23.9 Å². The lowest BCUT2D eigenvalue weighted by Gasteiger charge is -2.26. The number of carbonyl (C=O) groups excluding carboxylic acids is 8. The molecule has 4 saturated heterocycles. The van der Waals surface area contributed by atoms with Gasteiger partial charge in [-0.05, 0) is 211 Å². The minimum atomic E-state index is -0.752. The van der Waals surface area contributed by atoms with E-state index in [9.17, 15) is 79.2 Å². The van der Waals surface area contributed by atoms with Crippen molar-refractivity contribution in [1.82, 2.24) is 19.6 Å². The molecule has 12 rings (SSSR count). The van der Waals surface area contributed by atoms with Gasteiger partial charge in [0.15, 0.2) is 26.4 Å². The van der Waals surface area contributed by atoms with Gasteiger partial charge in [0.1, 0.15) is 74.4 Å². The number of oxime groups is 4. The fraction of sp³-hybridized carbons (Fsp3) is 0.495. The highest BCUT2D eigenvalue weighted by atomic mass is 35.5. The Kier molecular flexibility index (Phi) is 45.3. The van der Waals surface area contributed by atoms with Crippen molar-refractivity contribution in [3.8, 4) is 46.0 Å². The van der Waals surface area contributed by atoms with Crippen molar-refractivity contribution in [3.05, 3.63) is 188 Å². The number of aromatic hydroxyl groups is 8. The number of cyclic esters (lactones) is 4. The van der Waals surface area contributed by atoms with Crippen LogP contribution in [0.15, 0.2) is 154 Å². The smallest absolute Gasteiger partial charge is 0.342 e. The van der Waals surface area contributed by atoms with Crippen LogP contribution >= 0.6 is 23.2 Å². The molecule has 8 heterocycles. The number of phenolic OH excluding ortho intramolecular Hbond substituents is 8. The number of fused-ring (bicyclic) bond motifs is 4. The van der Waals surface area contributed by atoms with Crippen LogP contribution < -0.4 is 0 Å². The number of nitrogens with zero attached hydrogens (tertiary/aromatic N) is 8. The van der Waals surface area contributed by atoms with Gasteiger partial charge in [-0.3, -0.25) is 19.2 Å². The maximum Gasteiger partial charge on any atom is 0.342 e. The van der Waals surface area contributed by atoms with Gasteiger partial charge in [0.25, 0.3) is 23.6 Å². The van der Waals surface area contributed by atoms with Gasteiger partial charge in [-0.25, -0.2) is 19.2 Å². The molecule has 4 amide bonds. The van der Waals surface area contributed by atoms with E-state index in [1.165, 1.54) is 12.1 Å². The summed E-state index contributed by atoms with van der Waals surface area (Å²) in [5, 5.41) is 98.4. The van der Waals surface area contributed by atoms with Gasteiger partial charge < -0.3 is 98.7 Å². The van der Waals surface area contributed by atoms with Crippen molar-refractivity contribution in [3.63, 3.8) is 0 Å². The average Bonchev–Trinajstić information content (AvgIpc) is 0.792. The number of esters is 4. The Hall–Kier alpha value is -12.6. The Morgan fingerprint density at radius 3 is 0.956 bits per heavy atom. The third-order valence-electron chi connectivity index (χ3n) is 23.6. The second kappa shape index (κ2) is 57.5. The Morgan fingerprint density at radius 2 is 0.642 bits per heavy atom. The van der Waals surface area contributed by atoms with Crippen LogP contribution in [0.4, 0.5) is 0 Å². The minimum absolute atomic E-state index is 0.00574. The summed E-state index contributed by atoms with van der Waals surface area (Å²) in [6.45, 7) is 15.8. The first kappa shape index (κ1) is 108. The van der Waals surface area contributed by atoms with Crippen molar-refractivity contribution in [2.45, 2.75) is 208 Å². The van der Waals surface area contributed by atoms with Crippen LogP contribution in [0.5, 0.6) is 46.0 Å². The van der Waals surface area contributed by atoms with E-state index < -0.39 is 35.4 Å². The van der Waals surface area contributed by atoms with E-state index in [2.05, 4.69) is 60.5 Å². The zero-order valence-corrected chi connectivity index (χ0v) is 80.5. The van der Waals surface area contributed by atoms with Crippen molar-refractivity contribution in [2.24, 2.45) is 44.3 Å². The molecule has 742 valence electrons. The number of amides is 4. The van der Waals surface area contributed by atoms with Crippen LogP contribution in [0.25, 0.3) is 0 Å². The van der Waals surface area contributed by atoms with E-state index in [0.29, 0.717) is 92.3 Å². The van der Waals surface area contributed by atoms with E-state index in [1.54, 1.807) is 43.9 Å². The summed E-state index contributed by atoms with van der Waals surface area (Å²) < 4.78 is 21.7. The maximum atomic E-state index is 13.1. The molecule has 137 heavy (non-hydrogen) atoms. The normalized spacial score (nSPS) is 23.3. The third kappa shape index (κ3) is 36.1. The van der Waals surface area contributed by atoms with Crippen LogP contribution in [-0.2, 0) is 83.2 Å². The van der Waals surface area contributed by atoms with E-state index in [0.717, 1.165) is 160 Å². The molecule has 8 aliphatic rings. The third-order valence-corrected chi connectivity index (χ3v) is 24.4. The topological polar surface area (TPSA) is 435 Å².